The Morgan fingerprint density at radius 1 is 0.947 bits per heavy atom. The summed E-state index contributed by atoms with van der Waals surface area (Å²) in [4.78, 5) is 0. The van der Waals surface area contributed by atoms with Crippen molar-refractivity contribution in [2.45, 2.75) is 0 Å². The molecule has 0 aliphatic carbocycles. The van der Waals surface area contributed by atoms with E-state index in [0.29, 0.717) is 37.3 Å². The molecule has 0 atom stereocenters. The highest BCUT2D eigenvalue weighted by atomic mass is 35.5. The lowest BCUT2D eigenvalue weighted by Crippen LogP contribution is -1.95. The minimum Gasteiger partial charge on any atom is -0.452 e. The van der Waals surface area contributed by atoms with Gasteiger partial charge in [-0.25, -0.2) is 0 Å². The van der Waals surface area contributed by atoms with E-state index in [0.717, 1.165) is 0 Å². The first-order valence-electron chi connectivity index (χ1n) is 5.31. The normalized spacial score (nSPS) is 10.4. The SMILES string of the molecule is CNc1ccc(Cl)c(Cl)c1Oc1ccc(Cl)cc1Cl. The number of nitrogens with one attached hydrogen (secondary N) is 1. The van der Waals surface area contributed by atoms with E-state index < -0.39 is 0 Å². The molecule has 6 heteroatoms. The lowest BCUT2D eigenvalue weighted by molar-refractivity contribution is 0.485. The monoisotopic (exact) mass is 335 g/mol. The minimum atomic E-state index is 0.319. The molecule has 2 rings (SSSR count). The molecule has 0 spiro atoms. The maximum atomic E-state index is 6.14. The fourth-order valence-electron chi connectivity index (χ4n) is 1.50. The van der Waals surface area contributed by atoms with Gasteiger partial charge in [-0.05, 0) is 30.3 Å². The van der Waals surface area contributed by atoms with Crippen molar-refractivity contribution in [3.8, 4) is 11.5 Å². The van der Waals surface area contributed by atoms with Gasteiger partial charge in [-0.15, -0.1) is 0 Å². The largest absolute Gasteiger partial charge is 0.452 e. The fourth-order valence-corrected chi connectivity index (χ4v) is 2.30. The van der Waals surface area contributed by atoms with Crippen LogP contribution < -0.4 is 10.1 Å². The average Bonchev–Trinajstić information content (AvgIpc) is 2.38. The van der Waals surface area contributed by atoms with Crippen molar-refractivity contribution < 1.29 is 4.74 Å². The van der Waals surface area contributed by atoms with E-state index in [1.807, 2.05) is 0 Å². The van der Waals surface area contributed by atoms with Crippen LogP contribution in [0.5, 0.6) is 11.5 Å². The van der Waals surface area contributed by atoms with Crippen LogP contribution >= 0.6 is 46.4 Å². The standard InChI is InChI=1S/C13H9Cl4NO/c1-18-10-4-3-8(15)12(17)13(10)19-11-5-2-7(14)6-9(11)16/h2-6,18H,1H3. The second-order valence-electron chi connectivity index (χ2n) is 3.66. The molecular weight excluding hydrogens is 328 g/mol. The summed E-state index contributed by atoms with van der Waals surface area (Å²) in [5.41, 5.74) is 0.709. The van der Waals surface area contributed by atoms with E-state index in [4.69, 9.17) is 51.1 Å². The second kappa shape index (κ2) is 6.10. The maximum absolute atomic E-state index is 6.14. The molecule has 2 aromatic rings. The summed E-state index contributed by atoms with van der Waals surface area (Å²) in [5, 5.41) is 4.62. The first-order valence-corrected chi connectivity index (χ1v) is 6.82. The first kappa shape index (κ1) is 14.6. The summed E-state index contributed by atoms with van der Waals surface area (Å²) in [6.45, 7) is 0. The molecule has 0 amide bonds. The third kappa shape index (κ3) is 3.21. The number of ether oxygens (including phenoxy) is 1. The van der Waals surface area contributed by atoms with Crippen LogP contribution in [0.25, 0.3) is 0 Å². The lowest BCUT2D eigenvalue weighted by Gasteiger charge is -2.14. The molecule has 2 aromatic carbocycles. The van der Waals surface area contributed by atoms with E-state index in [1.54, 1.807) is 37.4 Å². The predicted octanol–water partition coefficient (Wildman–Crippen LogP) is 6.13. The summed E-state index contributed by atoms with van der Waals surface area (Å²) >= 11 is 24.0. The molecule has 2 nitrogen and oxygen atoms in total. The van der Waals surface area contributed by atoms with Crippen LogP contribution in [-0.4, -0.2) is 7.05 Å². The van der Waals surface area contributed by atoms with Crippen molar-refractivity contribution in [3.05, 3.63) is 50.4 Å². The zero-order chi connectivity index (χ0) is 14.0. The van der Waals surface area contributed by atoms with E-state index >= 15 is 0 Å². The molecule has 0 saturated heterocycles. The minimum absolute atomic E-state index is 0.319. The number of halogens is 4. The van der Waals surface area contributed by atoms with Crippen molar-refractivity contribution in [2.75, 3.05) is 12.4 Å². The molecule has 0 fully saturated rings. The van der Waals surface area contributed by atoms with Gasteiger partial charge in [0.15, 0.2) is 5.75 Å². The molecule has 0 saturated carbocycles. The van der Waals surface area contributed by atoms with Crippen LogP contribution in [0, 0.1) is 0 Å². The van der Waals surface area contributed by atoms with Gasteiger partial charge >= 0.3 is 0 Å². The van der Waals surface area contributed by atoms with Crippen molar-refractivity contribution in [1.29, 1.82) is 0 Å². The quantitative estimate of drug-likeness (QED) is 0.727. The van der Waals surface area contributed by atoms with Gasteiger partial charge < -0.3 is 10.1 Å². The Morgan fingerprint density at radius 3 is 2.32 bits per heavy atom. The van der Waals surface area contributed by atoms with Crippen LogP contribution in [0.2, 0.25) is 20.1 Å². The summed E-state index contributed by atoms with van der Waals surface area (Å²) < 4.78 is 5.73. The zero-order valence-corrected chi connectivity index (χ0v) is 12.8. The van der Waals surface area contributed by atoms with Crippen LogP contribution in [0.15, 0.2) is 30.3 Å². The second-order valence-corrected chi connectivity index (χ2v) is 5.29. The Hall–Kier alpha value is -0.800. The van der Waals surface area contributed by atoms with E-state index in [1.165, 1.54) is 0 Å². The van der Waals surface area contributed by atoms with Crippen molar-refractivity contribution in [2.24, 2.45) is 0 Å². The Morgan fingerprint density at radius 2 is 1.68 bits per heavy atom. The number of hydrogen-bond donors (Lipinski definition) is 1. The van der Waals surface area contributed by atoms with E-state index in [9.17, 15) is 0 Å². The molecule has 0 heterocycles. The molecule has 0 aromatic heterocycles. The van der Waals surface area contributed by atoms with Gasteiger partial charge in [0.05, 0.1) is 15.7 Å². The lowest BCUT2D eigenvalue weighted by atomic mass is 10.3. The van der Waals surface area contributed by atoms with Gasteiger partial charge in [0.2, 0.25) is 0 Å². The number of hydrogen-bond acceptors (Lipinski definition) is 2. The number of benzene rings is 2. The van der Waals surface area contributed by atoms with Gasteiger partial charge in [-0.3, -0.25) is 0 Å². The molecule has 19 heavy (non-hydrogen) atoms. The summed E-state index contributed by atoms with van der Waals surface area (Å²) in [7, 11) is 1.76. The van der Waals surface area contributed by atoms with Crippen molar-refractivity contribution in [3.63, 3.8) is 0 Å². The molecular formula is C13H9Cl4NO. The number of rotatable bonds is 3. The predicted molar refractivity (Wildman–Crippen MR) is 82.5 cm³/mol. The molecule has 0 bridgehead atoms. The third-order valence-electron chi connectivity index (χ3n) is 2.43. The molecule has 1 N–H and O–H groups in total. The van der Waals surface area contributed by atoms with E-state index in [-0.39, 0.29) is 0 Å². The van der Waals surface area contributed by atoms with Gasteiger partial charge in [0.25, 0.3) is 0 Å². The Labute approximate surface area is 131 Å². The number of anilines is 1. The van der Waals surface area contributed by atoms with Crippen molar-refractivity contribution in [1.82, 2.24) is 0 Å². The van der Waals surface area contributed by atoms with Gasteiger partial charge in [0, 0.05) is 12.1 Å². The molecule has 100 valence electrons. The highest BCUT2D eigenvalue weighted by Crippen LogP contribution is 2.42. The van der Waals surface area contributed by atoms with E-state index in [2.05, 4.69) is 5.32 Å². The van der Waals surface area contributed by atoms with Gasteiger partial charge in [-0.1, -0.05) is 46.4 Å². The Balaban J connectivity index is 2.45. The zero-order valence-electron chi connectivity index (χ0n) is 9.81. The highest BCUT2D eigenvalue weighted by Gasteiger charge is 2.14. The average molecular weight is 337 g/mol. The molecule has 0 aliphatic rings. The molecule has 0 radical (unpaired) electrons. The summed E-state index contributed by atoms with van der Waals surface area (Å²) in [6.07, 6.45) is 0. The third-order valence-corrected chi connectivity index (χ3v) is 3.74. The van der Waals surface area contributed by atoms with Crippen LogP contribution in [-0.2, 0) is 0 Å². The van der Waals surface area contributed by atoms with Crippen LogP contribution in [0.3, 0.4) is 0 Å². The first-order chi connectivity index (χ1) is 9.02. The van der Waals surface area contributed by atoms with Gasteiger partial charge in [0.1, 0.15) is 10.8 Å². The highest BCUT2D eigenvalue weighted by molar-refractivity contribution is 6.43. The summed E-state index contributed by atoms with van der Waals surface area (Å²) in [6, 6.07) is 8.40. The Bertz CT molecular complexity index is 616. The van der Waals surface area contributed by atoms with Crippen molar-refractivity contribution >= 4 is 52.1 Å². The maximum Gasteiger partial charge on any atom is 0.170 e. The topological polar surface area (TPSA) is 21.3 Å². The fraction of sp³-hybridized carbons (Fsp3) is 0.0769. The van der Waals surface area contributed by atoms with Crippen LogP contribution in [0.1, 0.15) is 0 Å². The Kier molecular flexibility index (Phi) is 4.69. The van der Waals surface area contributed by atoms with Gasteiger partial charge in [-0.2, -0.15) is 0 Å². The molecule has 0 aliphatic heterocycles. The summed E-state index contributed by atoms with van der Waals surface area (Å²) in [5.74, 6) is 0.868. The van der Waals surface area contributed by atoms with Crippen LogP contribution in [0.4, 0.5) is 5.69 Å². The molecule has 0 unspecified atom stereocenters. The smallest absolute Gasteiger partial charge is 0.170 e.